The zero-order chi connectivity index (χ0) is 26.3. The van der Waals surface area contributed by atoms with Gasteiger partial charge in [-0.15, -0.1) is 11.8 Å². The van der Waals surface area contributed by atoms with Crippen molar-refractivity contribution < 1.29 is 19.0 Å². The third kappa shape index (κ3) is 7.37. The topological polar surface area (TPSA) is 62.7 Å². The van der Waals surface area contributed by atoms with Crippen molar-refractivity contribution in [2.45, 2.75) is 49.8 Å². The molecule has 1 aromatic heterocycles. The van der Waals surface area contributed by atoms with Gasteiger partial charge in [0.1, 0.15) is 11.6 Å². The Labute approximate surface area is 227 Å². The molecule has 0 saturated carbocycles. The first-order valence-electron chi connectivity index (χ1n) is 12.8. The van der Waals surface area contributed by atoms with E-state index in [2.05, 4.69) is 9.88 Å². The number of carbonyl (C=O) groups is 1. The number of hydrogen-bond donors (Lipinski definition) is 1. The van der Waals surface area contributed by atoms with Gasteiger partial charge in [0, 0.05) is 16.5 Å². The van der Waals surface area contributed by atoms with Crippen molar-refractivity contribution >= 4 is 40.2 Å². The SMILES string of the molecule is COc1ccc2ncc(Cl)c(CCCC3(CC(=O)O)CCN(CCCSc4ccccc4F)CC3)c2c1. The summed E-state index contributed by atoms with van der Waals surface area (Å²) < 4.78 is 19.2. The third-order valence-corrected chi connectivity index (χ3v) is 8.88. The van der Waals surface area contributed by atoms with E-state index in [1.165, 1.54) is 6.07 Å². The van der Waals surface area contributed by atoms with Crippen LogP contribution in [0.4, 0.5) is 4.39 Å². The van der Waals surface area contributed by atoms with Gasteiger partial charge >= 0.3 is 5.97 Å². The predicted octanol–water partition coefficient (Wildman–Crippen LogP) is 7.10. The molecule has 0 unspecified atom stereocenters. The minimum atomic E-state index is -0.730. The van der Waals surface area contributed by atoms with Crippen LogP contribution in [0, 0.1) is 11.2 Å². The molecule has 0 atom stereocenters. The van der Waals surface area contributed by atoms with E-state index in [0.29, 0.717) is 9.92 Å². The molecule has 37 heavy (non-hydrogen) atoms. The van der Waals surface area contributed by atoms with Crippen molar-refractivity contribution in [2.24, 2.45) is 5.41 Å². The van der Waals surface area contributed by atoms with Crippen molar-refractivity contribution in [2.75, 3.05) is 32.5 Å². The number of rotatable bonds is 12. The fourth-order valence-electron chi connectivity index (χ4n) is 5.34. The van der Waals surface area contributed by atoms with E-state index in [-0.39, 0.29) is 17.7 Å². The molecule has 5 nitrogen and oxygen atoms in total. The lowest BCUT2D eigenvalue weighted by atomic mass is 9.72. The molecule has 1 N–H and O–H groups in total. The van der Waals surface area contributed by atoms with E-state index in [1.807, 2.05) is 30.3 Å². The second-order valence-electron chi connectivity index (χ2n) is 9.87. The fourth-order valence-corrected chi connectivity index (χ4v) is 6.46. The largest absolute Gasteiger partial charge is 0.497 e. The highest BCUT2D eigenvalue weighted by Crippen LogP contribution is 2.41. The minimum Gasteiger partial charge on any atom is -0.497 e. The first-order valence-corrected chi connectivity index (χ1v) is 14.2. The summed E-state index contributed by atoms with van der Waals surface area (Å²) in [6, 6.07) is 12.7. The van der Waals surface area contributed by atoms with Gasteiger partial charge in [0.05, 0.1) is 24.1 Å². The molecule has 0 bridgehead atoms. The summed E-state index contributed by atoms with van der Waals surface area (Å²) >= 11 is 8.09. The average molecular weight is 545 g/mol. The second-order valence-corrected chi connectivity index (χ2v) is 11.4. The summed E-state index contributed by atoms with van der Waals surface area (Å²) in [4.78, 5) is 19.3. The molecule has 1 aliphatic heterocycles. The Hall–Kier alpha value is -2.35. The van der Waals surface area contributed by atoms with E-state index in [0.717, 1.165) is 86.1 Å². The highest BCUT2D eigenvalue weighted by atomic mass is 35.5. The van der Waals surface area contributed by atoms with Gasteiger partial charge < -0.3 is 14.7 Å². The van der Waals surface area contributed by atoms with E-state index in [4.69, 9.17) is 16.3 Å². The highest BCUT2D eigenvalue weighted by molar-refractivity contribution is 7.99. The zero-order valence-electron chi connectivity index (χ0n) is 21.2. The van der Waals surface area contributed by atoms with Crippen molar-refractivity contribution in [3.05, 3.63) is 65.1 Å². The van der Waals surface area contributed by atoms with Crippen molar-refractivity contribution in [1.82, 2.24) is 9.88 Å². The van der Waals surface area contributed by atoms with E-state index in [1.54, 1.807) is 31.1 Å². The molecular weight excluding hydrogens is 511 g/mol. The Morgan fingerprint density at radius 3 is 2.73 bits per heavy atom. The van der Waals surface area contributed by atoms with Gasteiger partial charge in [-0.3, -0.25) is 9.78 Å². The summed E-state index contributed by atoms with van der Waals surface area (Å²) in [5, 5.41) is 11.3. The second kappa shape index (κ2) is 12.9. The number of pyridine rings is 1. The van der Waals surface area contributed by atoms with Crippen LogP contribution < -0.4 is 4.74 Å². The molecule has 198 valence electrons. The zero-order valence-corrected chi connectivity index (χ0v) is 22.8. The summed E-state index contributed by atoms with van der Waals surface area (Å²) in [5.41, 5.74) is 1.72. The van der Waals surface area contributed by atoms with Gasteiger partial charge in [-0.05, 0) is 105 Å². The molecule has 1 fully saturated rings. The van der Waals surface area contributed by atoms with Gasteiger partial charge in [0.2, 0.25) is 0 Å². The molecule has 0 radical (unpaired) electrons. The number of aryl methyl sites for hydroxylation is 1. The molecule has 2 heterocycles. The Bertz CT molecular complexity index is 1220. The number of carboxylic acids is 1. The molecule has 2 aromatic carbocycles. The average Bonchev–Trinajstić information content (AvgIpc) is 2.89. The Kier molecular flexibility index (Phi) is 9.68. The normalized spacial score (nSPS) is 15.6. The van der Waals surface area contributed by atoms with Gasteiger partial charge in [-0.2, -0.15) is 0 Å². The molecule has 1 saturated heterocycles. The number of aromatic nitrogens is 1. The van der Waals surface area contributed by atoms with Crippen LogP contribution >= 0.6 is 23.4 Å². The number of benzene rings is 2. The van der Waals surface area contributed by atoms with Crippen LogP contribution in [0.25, 0.3) is 10.9 Å². The number of nitrogens with zero attached hydrogens (tertiary/aromatic N) is 2. The van der Waals surface area contributed by atoms with Crippen molar-refractivity contribution in [3.8, 4) is 5.75 Å². The van der Waals surface area contributed by atoms with Gasteiger partial charge in [0.15, 0.2) is 0 Å². The van der Waals surface area contributed by atoms with Gasteiger partial charge in [-0.1, -0.05) is 23.7 Å². The van der Waals surface area contributed by atoms with Crippen molar-refractivity contribution in [1.29, 1.82) is 0 Å². The Balaban J connectivity index is 1.31. The van der Waals surface area contributed by atoms with Crippen LogP contribution in [0.2, 0.25) is 5.02 Å². The monoisotopic (exact) mass is 544 g/mol. The maximum atomic E-state index is 13.8. The van der Waals surface area contributed by atoms with E-state index >= 15 is 0 Å². The first-order chi connectivity index (χ1) is 17.9. The lowest BCUT2D eigenvalue weighted by molar-refractivity contribution is -0.140. The van der Waals surface area contributed by atoms with E-state index in [9.17, 15) is 14.3 Å². The lowest BCUT2D eigenvalue weighted by Gasteiger charge is -2.41. The van der Waals surface area contributed by atoms with Crippen LogP contribution in [-0.2, 0) is 11.2 Å². The molecule has 0 aliphatic carbocycles. The van der Waals surface area contributed by atoms with Gasteiger partial charge in [-0.25, -0.2) is 4.39 Å². The smallest absolute Gasteiger partial charge is 0.303 e. The molecule has 4 rings (SSSR count). The van der Waals surface area contributed by atoms with Crippen LogP contribution in [0.1, 0.15) is 44.1 Å². The Morgan fingerprint density at radius 2 is 2.00 bits per heavy atom. The lowest BCUT2D eigenvalue weighted by Crippen LogP contribution is -2.41. The van der Waals surface area contributed by atoms with Crippen LogP contribution in [-0.4, -0.2) is 53.5 Å². The molecule has 8 heteroatoms. The third-order valence-electron chi connectivity index (χ3n) is 7.42. The molecular formula is C29H34ClFN2O3S. The first kappa shape index (κ1) is 27.7. The summed E-state index contributed by atoms with van der Waals surface area (Å²) in [6.45, 7) is 2.74. The number of carboxylic acid groups (broad SMARTS) is 1. The van der Waals surface area contributed by atoms with Gasteiger partial charge in [0.25, 0.3) is 0 Å². The highest BCUT2D eigenvalue weighted by Gasteiger charge is 2.36. The van der Waals surface area contributed by atoms with Crippen LogP contribution in [0.15, 0.2) is 53.6 Å². The summed E-state index contributed by atoms with van der Waals surface area (Å²) in [6.07, 6.45) is 7.09. The number of likely N-dealkylation sites (tertiary alicyclic amines) is 1. The number of piperidine rings is 1. The number of hydrogen-bond acceptors (Lipinski definition) is 5. The number of halogens is 2. The number of methoxy groups -OCH3 is 1. The molecule has 0 amide bonds. The van der Waals surface area contributed by atoms with Crippen molar-refractivity contribution in [3.63, 3.8) is 0 Å². The summed E-state index contributed by atoms with van der Waals surface area (Å²) in [7, 11) is 1.64. The number of thioether (sulfide) groups is 1. The molecule has 3 aromatic rings. The standard InChI is InChI=1S/C29H34ClFN2O3S/c1-36-21-9-10-26-23(18-21)22(24(30)20-32-26)6-4-11-29(19-28(34)35)12-15-33(16-13-29)14-5-17-37-27-8-3-2-7-25(27)31/h2-3,7-10,18,20H,4-6,11-17,19H2,1H3,(H,34,35). The maximum Gasteiger partial charge on any atom is 0.303 e. The number of fused-ring (bicyclic) bond motifs is 1. The number of ether oxygens (including phenoxy) is 1. The minimum absolute atomic E-state index is 0.163. The van der Waals surface area contributed by atoms with Crippen LogP contribution in [0.5, 0.6) is 5.75 Å². The Morgan fingerprint density at radius 1 is 1.22 bits per heavy atom. The number of aliphatic carboxylic acids is 1. The molecule has 0 spiro atoms. The van der Waals surface area contributed by atoms with E-state index < -0.39 is 5.97 Å². The predicted molar refractivity (Wildman–Crippen MR) is 148 cm³/mol. The quantitative estimate of drug-likeness (QED) is 0.194. The van der Waals surface area contributed by atoms with Crippen LogP contribution in [0.3, 0.4) is 0 Å². The summed E-state index contributed by atoms with van der Waals surface area (Å²) in [5.74, 6) is 0.735. The maximum absolute atomic E-state index is 13.8. The fraction of sp³-hybridized carbons (Fsp3) is 0.448. The molecule has 1 aliphatic rings.